The lowest BCUT2D eigenvalue weighted by Gasteiger charge is -2.12. The summed E-state index contributed by atoms with van der Waals surface area (Å²) in [7, 11) is 0. The standard InChI is InChI=1S/C16H25IN2O/c1-3-5-7-13-8-9-15(14(11-13)12-17)19-16(20)18-10-6-4-2/h8-9,11H,3-7,10,12H2,1-2H3,(H2,18,19,20). The van der Waals surface area contributed by atoms with Crippen molar-refractivity contribution in [2.24, 2.45) is 0 Å². The molecule has 2 amide bonds. The summed E-state index contributed by atoms with van der Waals surface area (Å²) in [4.78, 5) is 11.8. The van der Waals surface area contributed by atoms with Gasteiger partial charge in [-0.1, -0.05) is 61.4 Å². The highest BCUT2D eigenvalue weighted by molar-refractivity contribution is 14.1. The Morgan fingerprint density at radius 1 is 1.20 bits per heavy atom. The molecule has 0 fully saturated rings. The van der Waals surface area contributed by atoms with Crippen LogP contribution >= 0.6 is 22.6 Å². The fraction of sp³-hybridized carbons (Fsp3) is 0.562. The van der Waals surface area contributed by atoms with Crippen molar-refractivity contribution in [1.29, 1.82) is 0 Å². The third-order valence-corrected chi connectivity index (χ3v) is 4.02. The third-order valence-electron chi connectivity index (χ3n) is 3.20. The van der Waals surface area contributed by atoms with E-state index >= 15 is 0 Å². The monoisotopic (exact) mass is 388 g/mol. The maximum atomic E-state index is 11.8. The number of amides is 2. The molecule has 20 heavy (non-hydrogen) atoms. The second-order valence-electron chi connectivity index (χ2n) is 4.96. The largest absolute Gasteiger partial charge is 0.338 e. The zero-order valence-electron chi connectivity index (χ0n) is 12.5. The van der Waals surface area contributed by atoms with Gasteiger partial charge in [0, 0.05) is 16.7 Å². The molecule has 0 saturated heterocycles. The van der Waals surface area contributed by atoms with Crippen molar-refractivity contribution in [3.05, 3.63) is 29.3 Å². The quantitative estimate of drug-likeness (QED) is 0.372. The van der Waals surface area contributed by atoms with E-state index in [0.717, 1.165) is 35.9 Å². The van der Waals surface area contributed by atoms with Crippen molar-refractivity contribution in [3.8, 4) is 0 Å². The van der Waals surface area contributed by atoms with Crippen LogP contribution in [0.2, 0.25) is 0 Å². The number of nitrogens with one attached hydrogen (secondary N) is 2. The van der Waals surface area contributed by atoms with Gasteiger partial charge >= 0.3 is 6.03 Å². The van der Waals surface area contributed by atoms with E-state index in [9.17, 15) is 4.79 Å². The lowest BCUT2D eigenvalue weighted by atomic mass is 10.0. The van der Waals surface area contributed by atoms with Crippen LogP contribution in [-0.2, 0) is 10.8 Å². The highest BCUT2D eigenvalue weighted by Gasteiger charge is 2.06. The van der Waals surface area contributed by atoms with Crippen LogP contribution in [-0.4, -0.2) is 12.6 Å². The smallest absolute Gasteiger partial charge is 0.319 e. The number of carbonyl (C=O) groups excluding carboxylic acids is 1. The van der Waals surface area contributed by atoms with Gasteiger partial charge < -0.3 is 10.6 Å². The molecule has 0 aliphatic rings. The van der Waals surface area contributed by atoms with Crippen molar-refractivity contribution >= 4 is 34.3 Å². The van der Waals surface area contributed by atoms with Gasteiger partial charge in [0.1, 0.15) is 0 Å². The Kier molecular flexibility index (Phi) is 8.65. The van der Waals surface area contributed by atoms with Gasteiger partial charge in [-0.2, -0.15) is 0 Å². The highest BCUT2D eigenvalue weighted by atomic mass is 127. The van der Waals surface area contributed by atoms with E-state index in [-0.39, 0.29) is 6.03 Å². The molecule has 0 radical (unpaired) electrons. The Balaban J connectivity index is 2.62. The molecule has 0 aromatic heterocycles. The molecule has 1 aromatic rings. The lowest BCUT2D eigenvalue weighted by Crippen LogP contribution is -2.29. The SMILES string of the molecule is CCCCNC(=O)Nc1ccc(CCCC)cc1CI. The minimum Gasteiger partial charge on any atom is -0.338 e. The number of hydrogen-bond acceptors (Lipinski definition) is 1. The van der Waals surface area contributed by atoms with Crippen LogP contribution < -0.4 is 10.6 Å². The molecule has 0 saturated carbocycles. The van der Waals surface area contributed by atoms with E-state index in [1.807, 2.05) is 6.07 Å². The number of carbonyl (C=O) groups is 1. The fourth-order valence-corrected chi connectivity index (χ4v) is 2.59. The molecular weight excluding hydrogens is 363 g/mol. The zero-order chi connectivity index (χ0) is 14.8. The van der Waals surface area contributed by atoms with Crippen molar-refractivity contribution in [2.45, 2.75) is 50.4 Å². The van der Waals surface area contributed by atoms with Gasteiger partial charge in [-0.05, 0) is 36.5 Å². The molecule has 0 spiro atoms. The predicted octanol–water partition coefficient (Wildman–Crippen LogP) is 4.89. The lowest BCUT2D eigenvalue weighted by molar-refractivity contribution is 0.252. The molecule has 0 heterocycles. The van der Waals surface area contributed by atoms with Crippen LogP contribution in [0.25, 0.3) is 0 Å². The molecule has 4 heteroatoms. The second-order valence-corrected chi connectivity index (χ2v) is 5.73. The summed E-state index contributed by atoms with van der Waals surface area (Å²) < 4.78 is 0.905. The Hall–Kier alpha value is -0.780. The van der Waals surface area contributed by atoms with E-state index < -0.39 is 0 Å². The average Bonchev–Trinajstić information content (AvgIpc) is 2.46. The van der Waals surface area contributed by atoms with Crippen LogP contribution in [0.5, 0.6) is 0 Å². The minimum atomic E-state index is -0.106. The summed E-state index contributed by atoms with van der Waals surface area (Å²) in [6, 6.07) is 6.25. The van der Waals surface area contributed by atoms with E-state index in [1.54, 1.807) is 0 Å². The van der Waals surface area contributed by atoms with E-state index in [0.29, 0.717) is 0 Å². The first-order valence-electron chi connectivity index (χ1n) is 7.43. The van der Waals surface area contributed by atoms with Gasteiger partial charge in [-0.15, -0.1) is 0 Å². The molecule has 0 aliphatic heterocycles. The molecule has 0 unspecified atom stereocenters. The van der Waals surface area contributed by atoms with Crippen molar-refractivity contribution in [1.82, 2.24) is 5.32 Å². The molecule has 0 atom stereocenters. The molecule has 2 N–H and O–H groups in total. The summed E-state index contributed by atoms with van der Waals surface area (Å²) in [5, 5.41) is 5.83. The summed E-state index contributed by atoms with van der Waals surface area (Å²) in [6.45, 7) is 5.05. The van der Waals surface area contributed by atoms with Gasteiger partial charge in [0.2, 0.25) is 0 Å². The Morgan fingerprint density at radius 2 is 1.95 bits per heavy atom. The predicted molar refractivity (Wildman–Crippen MR) is 94.7 cm³/mol. The first kappa shape index (κ1) is 17.3. The van der Waals surface area contributed by atoms with Crippen LogP contribution in [0.3, 0.4) is 0 Å². The number of aryl methyl sites for hydroxylation is 1. The topological polar surface area (TPSA) is 41.1 Å². The van der Waals surface area contributed by atoms with Gasteiger partial charge in [-0.3, -0.25) is 0 Å². The second kappa shape index (κ2) is 10.0. The van der Waals surface area contributed by atoms with Gasteiger partial charge in [0.05, 0.1) is 0 Å². The van der Waals surface area contributed by atoms with Crippen molar-refractivity contribution < 1.29 is 4.79 Å². The number of halogens is 1. The third kappa shape index (κ3) is 6.11. The first-order valence-corrected chi connectivity index (χ1v) is 8.96. The van der Waals surface area contributed by atoms with Crippen LogP contribution in [0.1, 0.15) is 50.7 Å². The molecule has 1 rings (SSSR count). The zero-order valence-corrected chi connectivity index (χ0v) is 14.6. The van der Waals surface area contributed by atoms with Gasteiger partial charge in [-0.25, -0.2) is 4.79 Å². The molecule has 0 aliphatic carbocycles. The van der Waals surface area contributed by atoms with E-state index in [1.165, 1.54) is 24.0 Å². The van der Waals surface area contributed by atoms with Gasteiger partial charge in [0.15, 0.2) is 0 Å². The Labute approximate surface area is 136 Å². The average molecular weight is 388 g/mol. The van der Waals surface area contributed by atoms with Crippen LogP contribution in [0.15, 0.2) is 18.2 Å². The van der Waals surface area contributed by atoms with Crippen LogP contribution in [0, 0.1) is 0 Å². The van der Waals surface area contributed by atoms with Crippen molar-refractivity contribution in [2.75, 3.05) is 11.9 Å². The first-order chi connectivity index (χ1) is 9.71. The number of alkyl halides is 1. The molecule has 1 aromatic carbocycles. The molecular formula is C16H25IN2O. The highest BCUT2D eigenvalue weighted by Crippen LogP contribution is 2.21. The number of unbranched alkanes of at least 4 members (excludes halogenated alkanes) is 2. The summed E-state index contributed by atoms with van der Waals surface area (Å²) in [6.07, 6.45) is 5.64. The van der Waals surface area contributed by atoms with Crippen molar-refractivity contribution in [3.63, 3.8) is 0 Å². The number of rotatable bonds is 8. The number of hydrogen-bond donors (Lipinski definition) is 2. The minimum absolute atomic E-state index is 0.106. The van der Waals surface area contributed by atoms with E-state index in [2.05, 4.69) is 59.2 Å². The van der Waals surface area contributed by atoms with Crippen LogP contribution in [0.4, 0.5) is 10.5 Å². The fourth-order valence-electron chi connectivity index (χ4n) is 1.96. The molecule has 112 valence electrons. The summed E-state index contributed by atoms with van der Waals surface area (Å²) in [5.74, 6) is 0. The number of anilines is 1. The van der Waals surface area contributed by atoms with Gasteiger partial charge in [0.25, 0.3) is 0 Å². The maximum Gasteiger partial charge on any atom is 0.319 e. The Bertz CT molecular complexity index is 421. The number of urea groups is 1. The Morgan fingerprint density at radius 3 is 2.60 bits per heavy atom. The summed E-state index contributed by atoms with van der Waals surface area (Å²) in [5.41, 5.74) is 3.48. The van der Waals surface area contributed by atoms with E-state index in [4.69, 9.17) is 0 Å². The molecule has 3 nitrogen and oxygen atoms in total. The molecule has 0 bridgehead atoms. The number of benzene rings is 1. The normalized spacial score (nSPS) is 10.3. The maximum absolute atomic E-state index is 11.8. The summed E-state index contributed by atoms with van der Waals surface area (Å²) >= 11 is 2.34.